The molecule has 0 amide bonds. The van der Waals surface area contributed by atoms with E-state index in [0.29, 0.717) is 0 Å². The number of carbonyl (C=O) groups is 1. The van der Waals surface area contributed by atoms with Crippen LogP contribution >= 0.6 is 0 Å². The Balaban J connectivity index is 4.55. The van der Waals surface area contributed by atoms with Crippen LogP contribution in [0.4, 0.5) is 0 Å². The zero-order chi connectivity index (χ0) is 14.8. The van der Waals surface area contributed by atoms with Crippen LogP contribution in [0.15, 0.2) is 0 Å². The Bertz CT molecular complexity index is 291. The first kappa shape index (κ1) is 17.9. The van der Waals surface area contributed by atoms with Crippen LogP contribution in [0, 0.1) is 5.41 Å². The average Bonchev–Trinajstić information content (AvgIpc) is 2.14. The Morgan fingerprint density at radius 3 is 1.94 bits per heavy atom. The molecule has 0 bridgehead atoms. The summed E-state index contributed by atoms with van der Waals surface area (Å²) in [6.45, 7) is 20.2. The third-order valence-corrected chi connectivity index (χ3v) is 23.0. The number of ether oxygens (including phenoxy) is 1. The van der Waals surface area contributed by atoms with Crippen molar-refractivity contribution in [1.29, 1.82) is 0 Å². The van der Waals surface area contributed by atoms with E-state index in [9.17, 15) is 4.79 Å². The van der Waals surface area contributed by atoms with Gasteiger partial charge in [-0.25, -0.2) is 0 Å². The maximum Gasteiger partial charge on any atom is 0.311 e. The van der Waals surface area contributed by atoms with Gasteiger partial charge in [-0.1, -0.05) is 39.7 Å². The minimum absolute atomic E-state index is 0.0436. The minimum atomic E-state index is -1.24. The summed E-state index contributed by atoms with van der Waals surface area (Å²) in [5.74, 6) is -0.0436. The van der Waals surface area contributed by atoms with Gasteiger partial charge < -0.3 is 4.74 Å². The molecule has 0 saturated heterocycles. The molecule has 0 aliphatic heterocycles. The number of hydrogen-bond donors (Lipinski definition) is 0. The van der Waals surface area contributed by atoms with E-state index in [2.05, 4.69) is 39.7 Å². The van der Waals surface area contributed by atoms with Crippen LogP contribution in [-0.2, 0) is 9.53 Å². The van der Waals surface area contributed by atoms with E-state index in [1.54, 1.807) is 0 Å². The molecule has 0 aromatic carbocycles. The summed E-state index contributed by atoms with van der Waals surface area (Å²) in [6, 6.07) is 1.09. The molecule has 0 aliphatic carbocycles. The van der Waals surface area contributed by atoms with Crippen molar-refractivity contribution in [2.45, 2.75) is 79.0 Å². The molecule has 0 aliphatic rings. The molecule has 1 atom stereocenters. The second-order valence-corrected chi connectivity index (χ2v) is 25.0. The van der Waals surface area contributed by atoms with Crippen LogP contribution in [0.5, 0.6) is 0 Å². The summed E-state index contributed by atoms with van der Waals surface area (Å²) in [5.41, 5.74) is -0.348. The molecule has 0 aromatic rings. The van der Waals surface area contributed by atoms with Crippen molar-refractivity contribution >= 4 is 21.2 Å². The molecule has 108 valence electrons. The number of hydrogen-bond acceptors (Lipinski definition) is 2. The lowest BCUT2D eigenvalue weighted by molar-refractivity contribution is -0.158. The van der Waals surface area contributed by atoms with Gasteiger partial charge in [0, 0.05) is 15.2 Å². The quantitative estimate of drug-likeness (QED) is 0.532. The molecule has 0 heterocycles. The lowest BCUT2D eigenvalue weighted by Gasteiger charge is -2.37. The highest BCUT2D eigenvalue weighted by molar-refractivity contribution is 7.40. The Morgan fingerprint density at radius 1 is 1.17 bits per heavy atom. The van der Waals surface area contributed by atoms with E-state index < -0.39 is 15.2 Å². The van der Waals surface area contributed by atoms with Crippen molar-refractivity contribution < 1.29 is 9.53 Å². The average molecular weight is 289 g/mol. The highest BCUT2D eigenvalue weighted by atomic mass is 29.3. The van der Waals surface area contributed by atoms with Gasteiger partial charge in [0.05, 0.1) is 11.5 Å². The molecule has 2 nitrogen and oxygen atoms in total. The van der Waals surface area contributed by atoms with E-state index >= 15 is 0 Å². The fourth-order valence-corrected chi connectivity index (χ4v) is 6.39. The Morgan fingerprint density at radius 2 is 1.61 bits per heavy atom. The molecule has 4 heteroatoms. The predicted octanol–water partition coefficient (Wildman–Crippen LogP) is 4.48. The molecule has 18 heavy (non-hydrogen) atoms. The maximum atomic E-state index is 12.0. The first-order valence-electron chi connectivity index (χ1n) is 7.04. The van der Waals surface area contributed by atoms with Gasteiger partial charge >= 0.3 is 5.97 Å². The molecule has 1 unspecified atom stereocenters. The van der Waals surface area contributed by atoms with Gasteiger partial charge in [-0.3, -0.25) is 4.79 Å². The highest BCUT2D eigenvalue weighted by Crippen LogP contribution is 2.28. The van der Waals surface area contributed by atoms with Crippen LogP contribution in [0.2, 0.25) is 38.8 Å². The molecule has 0 N–H and O–H groups in total. The Hall–Kier alpha value is -0.0962. The van der Waals surface area contributed by atoms with E-state index in [1.807, 2.05) is 20.8 Å². The number of rotatable bonds is 6. The molecule has 0 saturated carbocycles. The topological polar surface area (TPSA) is 26.3 Å². The normalized spacial score (nSPS) is 15.4. The molecule has 0 spiro atoms. The standard InChI is InChI=1S/C14H32O2Si2/c1-10-14(3,4)13(15)16-12(2)11-18(8,9)17(5,6)7/h12H,10-11H2,1-9H3. The number of carbonyl (C=O) groups excluding carboxylic acids is 1. The minimum Gasteiger partial charge on any atom is -0.463 e. The van der Waals surface area contributed by atoms with Gasteiger partial charge in [0.25, 0.3) is 0 Å². The summed E-state index contributed by atoms with van der Waals surface area (Å²) < 4.78 is 5.66. The van der Waals surface area contributed by atoms with Crippen molar-refractivity contribution in [3.63, 3.8) is 0 Å². The predicted molar refractivity (Wildman–Crippen MR) is 85.3 cm³/mol. The van der Waals surface area contributed by atoms with Gasteiger partial charge in [0.2, 0.25) is 0 Å². The lowest BCUT2D eigenvalue weighted by atomic mass is 9.91. The summed E-state index contributed by atoms with van der Waals surface area (Å²) in [4.78, 5) is 12.0. The largest absolute Gasteiger partial charge is 0.463 e. The Kier molecular flexibility index (Phi) is 5.88. The maximum absolute atomic E-state index is 12.0. The summed E-state index contributed by atoms with van der Waals surface area (Å²) >= 11 is 0. The SMILES string of the molecule is CCC(C)(C)C(=O)OC(C)C[Si](C)(C)[Si](C)(C)C. The molecular weight excluding hydrogens is 256 g/mol. The highest BCUT2D eigenvalue weighted by Gasteiger charge is 2.39. The van der Waals surface area contributed by atoms with E-state index in [1.165, 1.54) is 0 Å². The molecule has 0 rings (SSSR count). The van der Waals surface area contributed by atoms with Crippen molar-refractivity contribution in [3.05, 3.63) is 0 Å². The molecular formula is C14H32O2Si2. The van der Waals surface area contributed by atoms with Crippen molar-refractivity contribution in [2.75, 3.05) is 0 Å². The first-order valence-corrected chi connectivity index (χ1v) is 14.8. The van der Waals surface area contributed by atoms with Crippen LogP contribution in [0.1, 0.15) is 34.1 Å². The third-order valence-electron chi connectivity index (χ3n) is 4.57. The van der Waals surface area contributed by atoms with Crippen LogP contribution in [-0.4, -0.2) is 27.3 Å². The zero-order valence-corrected chi connectivity index (χ0v) is 15.8. The van der Waals surface area contributed by atoms with E-state index in [0.717, 1.165) is 12.5 Å². The second-order valence-electron chi connectivity index (χ2n) is 7.79. The Labute approximate surface area is 115 Å². The van der Waals surface area contributed by atoms with E-state index in [-0.39, 0.29) is 17.5 Å². The number of esters is 1. The van der Waals surface area contributed by atoms with Gasteiger partial charge in [0.15, 0.2) is 0 Å². The van der Waals surface area contributed by atoms with E-state index in [4.69, 9.17) is 4.74 Å². The van der Waals surface area contributed by atoms with Crippen molar-refractivity contribution in [1.82, 2.24) is 0 Å². The van der Waals surface area contributed by atoms with Crippen LogP contribution in [0.25, 0.3) is 0 Å². The molecule has 0 radical (unpaired) electrons. The van der Waals surface area contributed by atoms with Crippen molar-refractivity contribution in [2.24, 2.45) is 5.41 Å². The third kappa shape index (κ3) is 4.88. The van der Waals surface area contributed by atoms with Crippen LogP contribution < -0.4 is 0 Å². The van der Waals surface area contributed by atoms with Crippen LogP contribution in [0.3, 0.4) is 0 Å². The smallest absolute Gasteiger partial charge is 0.311 e. The van der Waals surface area contributed by atoms with Gasteiger partial charge in [0.1, 0.15) is 0 Å². The monoisotopic (exact) mass is 288 g/mol. The first-order chi connectivity index (χ1) is 7.83. The summed E-state index contributed by atoms with van der Waals surface area (Å²) in [5, 5.41) is 0. The fourth-order valence-electron chi connectivity index (χ4n) is 1.55. The van der Waals surface area contributed by atoms with Gasteiger partial charge in [-0.2, -0.15) is 0 Å². The summed E-state index contributed by atoms with van der Waals surface area (Å²) in [7, 11) is -2.35. The second kappa shape index (κ2) is 5.91. The molecule has 0 fully saturated rings. The lowest BCUT2D eigenvalue weighted by Crippen LogP contribution is -2.54. The van der Waals surface area contributed by atoms with Gasteiger partial charge in [-0.15, -0.1) is 0 Å². The molecule has 0 aromatic heterocycles. The zero-order valence-electron chi connectivity index (χ0n) is 13.8. The van der Waals surface area contributed by atoms with Crippen molar-refractivity contribution in [3.8, 4) is 0 Å². The summed E-state index contributed by atoms with van der Waals surface area (Å²) in [6.07, 6.45) is 0.893. The van der Waals surface area contributed by atoms with Gasteiger partial charge in [-0.05, 0) is 33.2 Å². The fraction of sp³-hybridized carbons (Fsp3) is 0.929.